The highest BCUT2D eigenvalue weighted by Crippen LogP contribution is 2.12. The van der Waals surface area contributed by atoms with Gasteiger partial charge in [-0.3, -0.25) is 0 Å². The molecule has 0 atom stereocenters. The van der Waals surface area contributed by atoms with Crippen LogP contribution in [-0.2, 0) is 6.54 Å². The van der Waals surface area contributed by atoms with E-state index in [1.54, 1.807) is 19.1 Å². The van der Waals surface area contributed by atoms with E-state index in [1.807, 2.05) is 0 Å². The second-order valence-corrected chi connectivity index (χ2v) is 3.63. The molecule has 0 saturated heterocycles. The Morgan fingerprint density at radius 2 is 1.88 bits per heavy atom. The monoisotopic (exact) mass is 229 g/mol. The molecule has 0 spiro atoms. The number of hydrogen-bond donors (Lipinski definition) is 0. The van der Waals surface area contributed by atoms with Crippen LogP contribution in [0.5, 0.6) is 0 Å². The molecule has 1 rings (SSSR count). The van der Waals surface area contributed by atoms with Crippen molar-refractivity contribution in [1.29, 1.82) is 0 Å². The number of alkyl halides is 2. The molecule has 0 radical (unpaired) electrons. The van der Waals surface area contributed by atoms with Gasteiger partial charge in [0.25, 0.3) is 6.43 Å². The molecule has 88 valence electrons. The molecule has 1 nitrogen and oxygen atoms in total. The minimum Gasteiger partial charge on any atom is -0.366 e. The summed E-state index contributed by atoms with van der Waals surface area (Å²) in [5, 5.41) is 0. The van der Waals surface area contributed by atoms with Gasteiger partial charge in [-0.15, -0.1) is 0 Å². The molecular weight excluding hydrogens is 215 g/mol. The first-order valence-corrected chi connectivity index (χ1v) is 4.92. The number of benzene rings is 1. The zero-order chi connectivity index (χ0) is 12.1. The van der Waals surface area contributed by atoms with E-state index in [2.05, 4.69) is 6.58 Å². The van der Waals surface area contributed by atoms with Crippen molar-refractivity contribution in [2.45, 2.75) is 19.9 Å². The Balaban J connectivity index is 2.68. The lowest BCUT2D eigenvalue weighted by molar-refractivity contribution is 0.101. The van der Waals surface area contributed by atoms with Crippen LogP contribution in [-0.4, -0.2) is 17.9 Å². The van der Waals surface area contributed by atoms with E-state index in [0.717, 1.165) is 5.56 Å². The molecule has 0 amide bonds. The van der Waals surface area contributed by atoms with Crippen LogP contribution in [0.25, 0.3) is 0 Å². The van der Waals surface area contributed by atoms with Gasteiger partial charge in [0.15, 0.2) is 0 Å². The molecule has 0 saturated carbocycles. The zero-order valence-electron chi connectivity index (χ0n) is 9.09. The molecule has 0 bridgehead atoms. The topological polar surface area (TPSA) is 3.24 Å². The van der Waals surface area contributed by atoms with Crippen molar-refractivity contribution >= 4 is 0 Å². The molecule has 0 aromatic heterocycles. The predicted octanol–water partition coefficient (Wildman–Crippen LogP) is 3.43. The van der Waals surface area contributed by atoms with Crippen LogP contribution < -0.4 is 0 Å². The summed E-state index contributed by atoms with van der Waals surface area (Å²) in [4.78, 5) is 1.47. The minimum atomic E-state index is -2.41. The predicted molar refractivity (Wildman–Crippen MR) is 57.6 cm³/mol. The molecule has 1 aromatic rings. The maximum Gasteiger partial charge on any atom is 0.255 e. The van der Waals surface area contributed by atoms with E-state index in [4.69, 9.17) is 0 Å². The van der Waals surface area contributed by atoms with Crippen molar-refractivity contribution in [3.05, 3.63) is 47.9 Å². The van der Waals surface area contributed by atoms with Crippen LogP contribution in [0.3, 0.4) is 0 Å². The van der Waals surface area contributed by atoms with Gasteiger partial charge in [-0.05, 0) is 24.6 Å². The lowest BCUT2D eigenvalue weighted by Crippen LogP contribution is -2.26. The molecule has 0 heterocycles. The number of allylic oxidation sites excluding steroid dienone is 1. The quantitative estimate of drug-likeness (QED) is 0.747. The Morgan fingerprint density at radius 3 is 2.31 bits per heavy atom. The normalized spacial score (nSPS) is 10.6. The van der Waals surface area contributed by atoms with E-state index < -0.39 is 6.43 Å². The van der Waals surface area contributed by atoms with Gasteiger partial charge in [-0.25, -0.2) is 13.2 Å². The van der Waals surface area contributed by atoms with E-state index in [0.29, 0.717) is 12.2 Å². The van der Waals surface area contributed by atoms with Gasteiger partial charge in [0.1, 0.15) is 5.82 Å². The van der Waals surface area contributed by atoms with E-state index in [-0.39, 0.29) is 12.4 Å². The molecular formula is C12H14F3N. The van der Waals surface area contributed by atoms with E-state index in [9.17, 15) is 13.2 Å². The lowest BCUT2D eigenvalue weighted by Gasteiger charge is -2.24. The summed E-state index contributed by atoms with van der Waals surface area (Å²) < 4.78 is 37.2. The molecule has 0 aliphatic heterocycles. The second kappa shape index (κ2) is 5.58. The summed E-state index contributed by atoms with van der Waals surface area (Å²) in [6.45, 7) is 5.28. The third kappa shape index (κ3) is 3.96. The molecule has 1 aromatic carbocycles. The average molecular weight is 229 g/mol. The standard InChI is InChI=1S/C12H14F3N/c1-9(2)16(8-12(14)15)7-10-3-5-11(13)6-4-10/h3-6,12H,1,7-8H2,2H3. The fourth-order valence-electron chi connectivity index (χ4n) is 1.33. The van der Waals surface area contributed by atoms with Crippen LogP contribution in [0.2, 0.25) is 0 Å². The first-order valence-electron chi connectivity index (χ1n) is 4.92. The number of nitrogens with zero attached hydrogens (tertiary/aromatic N) is 1. The lowest BCUT2D eigenvalue weighted by atomic mass is 10.2. The van der Waals surface area contributed by atoms with Crippen LogP contribution in [0.1, 0.15) is 12.5 Å². The highest BCUT2D eigenvalue weighted by atomic mass is 19.3. The molecule has 16 heavy (non-hydrogen) atoms. The highest BCUT2D eigenvalue weighted by Gasteiger charge is 2.11. The Labute approximate surface area is 93.2 Å². The summed E-state index contributed by atoms with van der Waals surface area (Å²) in [7, 11) is 0. The van der Waals surface area contributed by atoms with Crippen molar-refractivity contribution < 1.29 is 13.2 Å². The van der Waals surface area contributed by atoms with E-state index in [1.165, 1.54) is 17.0 Å². The first kappa shape index (κ1) is 12.6. The maximum atomic E-state index is 12.6. The van der Waals surface area contributed by atoms with Crippen molar-refractivity contribution in [3.63, 3.8) is 0 Å². The minimum absolute atomic E-state index is 0.319. The second-order valence-electron chi connectivity index (χ2n) is 3.63. The van der Waals surface area contributed by atoms with Crippen molar-refractivity contribution in [2.24, 2.45) is 0 Å². The summed E-state index contributed by atoms with van der Waals surface area (Å²) in [5.74, 6) is -0.334. The number of hydrogen-bond acceptors (Lipinski definition) is 1. The fraction of sp³-hybridized carbons (Fsp3) is 0.333. The molecule has 0 aliphatic rings. The zero-order valence-corrected chi connectivity index (χ0v) is 9.09. The third-order valence-electron chi connectivity index (χ3n) is 2.18. The van der Waals surface area contributed by atoms with Gasteiger partial charge in [0, 0.05) is 12.2 Å². The first-order chi connectivity index (χ1) is 7.49. The van der Waals surface area contributed by atoms with Crippen LogP contribution in [0.15, 0.2) is 36.5 Å². The van der Waals surface area contributed by atoms with Gasteiger partial charge >= 0.3 is 0 Å². The fourth-order valence-corrected chi connectivity index (χ4v) is 1.33. The van der Waals surface area contributed by atoms with Gasteiger partial charge < -0.3 is 4.90 Å². The van der Waals surface area contributed by atoms with Crippen LogP contribution in [0.4, 0.5) is 13.2 Å². The number of halogens is 3. The summed E-state index contributed by atoms with van der Waals surface area (Å²) in [6, 6.07) is 5.79. The highest BCUT2D eigenvalue weighted by molar-refractivity contribution is 5.16. The van der Waals surface area contributed by atoms with Crippen LogP contribution in [0, 0.1) is 5.82 Å². The van der Waals surface area contributed by atoms with Crippen molar-refractivity contribution in [1.82, 2.24) is 4.90 Å². The number of rotatable bonds is 5. The smallest absolute Gasteiger partial charge is 0.255 e. The van der Waals surface area contributed by atoms with E-state index >= 15 is 0 Å². The third-order valence-corrected chi connectivity index (χ3v) is 2.18. The van der Waals surface area contributed by atoms with Gasteiger partial charge in [0.05, 0.1) is 6.54 Å². The maximum absolute atomic E-state index is 12.6. The van der Waals surface area contributed by atoms with Crippen molar-refractivity contribution in [2.75, 3.05) is 6.54 Å². The Bertz CT molecular complexity index is 346. The summed E-state index contributed by atoms with van der Waals surface area (Å²) >= 11 is 0. The van der Waals surface area contributed by atoms with Gasteiger partial charge in [-0.2, -0.15) is 0 Å². The SMILES string of the molecule is C=C(C)N(Cc1ccc(F)cc1)CC(F)F. The van der Waals surface area contributed by atoms with Crippen LogP contribution >= 0.6 is 0 Å². The average Bonchev–Trinajstić information content (AvgIpc) is 2.19. The summed E-state index contributed by atoms with van der Waals surface area (Å²) in [6.07, 6.45) is -2.41. The Kier molecular flexibility index (Phi) is 4.40. The van der Waals surface area contributed by atoms with Crippen molar-refractivity contribution in [3.8, 4) is 0 Å². The van der Waals surface area contributed by atoms with Gasteiger partial charge in [0.2, 0.25) is 0 Å². The Morgan fingerprint density at radius 1 is 1.31 bits per heavy atom. The van der Waals surface area contributed by atoms with Gasteiger partial charge in [-0.1, -0.05) is 18.7 Å². The molecule has 0 N–H and O–H groups in total. The summed E-state index contributed by atoms with van der Waals surface area (Å²) in [5.41, 5.74) is 1.36. The Hall–Kier alpha value is -1.45. The molecule has 0 fully saturated rings. The molecule has 4 heteroatoms. The molecule has 0 aliphatic carbocycles. The molecule has 0 unspecified atom stereocenters. The largest absolute Gasteiger partial charge is 0.366 e.